The SMILES string of the molecule is COC(=O)[C@]1(C)[C@@H]2CC(=O)[C@H]3[C@@H](C)/C(=C/C(=O)N(C)CCO)CC[C@@H]3[C@@]2(C)CC[C@@H]1O. The Labute approximate surface area is 184 Å². The molecule has 7 atom stereocenters. The van der Waals surface area contributed by atoms with E-state index in [0.717, 1.165) is 24.8 Å². The maximum atomic E-state index is 13.4. The van der Waals surface area contributed by atoms with E-state index >= 15 is 0 Å². The van der Waals surface area contributed by atoms with Gasteiger partial charge in [-0.15, -0.1) is 0 Å². The van der Waals surface area contributed by atoms with Crippen molar-refractivity contribution in [2.75, 3.05) is 27.3 Å². The minimum absolute atomic E-state index is 0.0493. The van der Waals surface area contributed by atoms with Gasteiger partial charge >= 0.3 is 5.97 Å². The zero-order chi connectivity index (χ0) is 23.1. The molecule has 3 fully saturated rings. The topological polar surface area (TPSA) is 104 Å². The molecular weight excluding hydrogens is 398 g/mol. The van der Waals surface area contributed by atoms with Crippen LogP contribution in [0.1, 0.15) is 52.9 Å². The normalized spacial score (nSPS) is 41.3. The second kappa shape index (κ2) is 8.66. The molecule has 0 aliphatic heterocycles. The summed E-state index contributed by atoms with van der Waals surface area (Å²) in [5, 5.41) is 19.9. The van der Waals surface area contributed by atoms with Gasteiger partial charge in [-0.2, -0.15) is 0 Å². The summed E-state index contributed by atoms with van der Waals surface area (Å²) in [6, 6.07) is 0. The number of likely N-dealkylation sites (N-methyl/N-ethyl adjacent to an activating group) is 1. The van der Waals surface area contributed by atoms with Crippen LogP contribution in [0.5, 0.6) is 0 Å². The maximum absolute atomic E-state index is 13.4. The van der Waals surface area contributed by atoms with Gasteiger partial charge in [0.1, 0.15) is 5.78 Å². The molecule has 0 aromatic carbocycles. The van der Waals surface area contributed by atoms with E-state index in [-0.39, 0.29) is 60.3 Å². The van der Waals surface area contributed by atoms with Gasteiger partial charge in [0.25, 0.3) is 0 Å². The van der Waals surface area contributed by atoms with Gasteiger partial charge in [-0.1, -0.05) is 19.4 Å². The number of Topliss-reactive ketones (excluding diaryl/α,β-unsaturated/α-hetero) is 1. The highest BCUT2D eigenvalue weighted by Crippen LogP contribution is 2.64. The van der Waals surface area contributed by atoms with Crippen LogP contribution in [0.3, 0.4) is 0 Å². The Kier molecular flexibility index (Phi) is 6.68. The van der Waals surface area contributed by atoms with Crippen molar-refractivity contribution >= 4 is 17.7 Å². The van der Waals surface area contributed by atoms with Gasteiger partial charge in [0, 0.05) is 32.0 Å². The molecule has 0 heterocycles. The van der Waals surface area contributed by atoms with Crippen LogP contribution in [0.4, 0.5) is 0 Å². The predicted octanol–water partition coefficient (Wildman–Crippen LogP) is 1.96. The second-order valence-electron chi connectivity index (χ2n) is 10.2. The Morgan fingerprint density at radius 2 is 1.97 bits per heavy atom. The summed E-state index contributed by atoms with van der Waals surface area (Å²) in [6.45, 7) is 6.15. The first-order chi connectivity index (χ1) is 14.5. The van der Waals surface area contributed by atoms with E-state index in [0.29, 0.717) is 6.42 Å². The van der Waals surface area contributed by atoms with Crippen LogP contribution in [0.2, 0.25) is 0 Å². The first-order valence-electron chi connectivity index (χ1n) is 11.4. The van der Waals surface area contributed by atoms with Gasteiger partial charge in [-0.05, 0) is 55.8 Å². The molecule has 0 aromatic heterocycles. The van der Waals surface area contributed by atoms with Crippen LogP contribution in [0.15, 0.2) is 11.6 Å². The molecular formula is C24H37NO6. The van der Waals surface area contributed by atoms with Crippen LogP contribution >= 0.6 is 0 Å². The fourth-order valence-electron chi connectivity index (χ4n) is 6.85. The van der Waals surface area contributed by atoms with E-state index in [4.69, 9.17) is 9.84 Å². The molecule has 2 N–H and O–H groups in total. The molecule has 1 amide bonds. The maximum Gasteiger partial charge on any atom is 0.314 e. The van der Waals surface area contributed by atoms with Crippen molar-refractivity contribution in [3.63, 3.8) is 0 Å². The molecule has 0 unspecified atom stereocenters. The highest BCUT2D eigenvalue weighted by atomic mass is 16.5. The Morgan fingerprint density at radius 3 is 2.58 bits per heavy atom. The van der Waals surface area contributed by atoms with Crippen LogP contribution in [0.25, 0.3) is 0 Å². The van der Waals surface area contributed by atoms with E-state index in [9.17, 15) is 19.5 Å². The van der Waals surface area contributed by atoms with Crippen LogP contribution in [-0.4, -0.2) is 66.2 Å². The van der Waals surface area contributed by atoms with E-state index in [1.54, 1.807) is 20.0 Å². The van der Waals surface area contributed by atoms with Crippen LogP contribution in [-0.2, 0) is 19.1 Å². The summed E-state index contributed by atoms with van der Waals surface area (Å²) >= 11 is 0. The molecule has 0 spiro atoms. The summed E-state index contributed by atoms with van der Waals surface area (Å²) in [5.74, 6) is -0.871. The number of allylic oxidation sites excluding steroid dienone is 1. The molecule has 3 saturated carbocycles. The quantitative estimate of drug-likeness (QED) is 0.517. The largest absolute Gasteiger partial charge is 0.469 e. The van der Waals surface area contributed by atoms with Crippen LogP contribution < -0.4 is 0 Å². The molecule has 174 valence electrons. The Bertz CT molecular complexity index is 778. The molecule has 3 rings (SSSR count). The molecule has 7 heteroatoms. The number of carbonyl (C=O) groups excluding carboxylic acids is 3. The minimum atomic E-state index is -1.09. The summed E-state index contributed by atoms with van der Waals surface area (Å²) < 4.78 is 5.07. The Hall–Kier alpha value is -1.73. The third-order valence-corrected chi connectivity index (χ3v) is 8.84. The van der Waals surface area contributed by atoms with E-state index in [1.807, 2.05) is 6.92 Å². The summed E-state index contributed by atoms with van der Waals surface area (Å²) in [4.78, 5) is 40.1. The number of aliphatic hydroxyl groups is 2. The van der Waals surface area contributed by atoms with Gasteiger partial charge in [0.05, 0.1) is 25.2 Å². The lowest BCUT2D eigenvalue weighted by molar-refractivity contribution is -0.197. The predicted molar refractivity (Wildman–Crippen MR) is 115 cm³/mol. The Balaban J connectivity index is 1.92. The molecule has 3 aliphatic carbocycles. The standard InChI is InChI=1S/C24H37NO6/c1-14-15(12-20(29)25(4)10-11-26)6-7-16-21(14)17(27)13-18-23(16,2)9-8-19(28)24(18,3)22(30)31-5/h12,14,16,18-19,21,26,28H,6-11,13H2,1-5H3/b15-12+/t14-,16-,18+,19-,21-,23+,24+/m0/s1. The number of esters is 1. The third-order valence-electron chi connectivity index (χ3n) is 8.84. The number of aliphatic hydroxyl groups excluding tert-OH is 2. The average Bonchev–Trinajstić information content (AvgIpc) is 2.74. The highest BCUT2D eigenvalue weighted by Gasteiger charge is 2.65. The summed E-state index contributed by atoms with van der Waals surface area (Å²) in [5.41, 5.74) is -0.360. The number of hydrogen-bond acceptors (Lipinski definition) is 6. The fraction of sp³-hybridized carbons (Fsp3) is 0.792. The molecule has 0 radical (unpaired) electrons. The van der Waals surface area contributed by atoms with Gasteiger partial charge in [0.2, 0.25) is 5.91 Å². The minimum Gasteiger partial charge on any atom is -0.469 e. The van der Waals surface area contributed by atoms with Crippen LogP contribution in [0, 0.1) is 34.5 Å². The summed E-state index contributed by atoms with van der Waals surface area (Å²) in [7, 11) is 2.99. The third kappa shape index (κ3) is 3.74. The number of carbonyl (C=O) groups is 3. The molecule has 0 saturated heterocycles. The zero-order valence-corrected chi connectivity index (χ0v) is 19.4. The molecule has 31 heavy (non-hydrogen) atoms. The number of methoxy groups -OCH3 is 1. The Morgan fingerprint density at radius 1 is 1.29 bits per heavy atom. The van der Waals surface area contributed by atoms with Crippen molar-refractivity contribution in [3.8, 4) is 0 Å². The van der Waals surface area contributed by atoms with Gasteiger partial charge in [-0.25, -0.2) is 0 Å². The van der Waals surface area contributed by atoms with E-state index in [1.165, 1.54) is 12.0 Å². The number of amides is 1. The smallest absolute Gasteiger partial charge is 0.314 e. The van der Waals surface area contributed by atoms with Crippen molar-refractivity contribution in [1.29, 1.82) is 0 Å². The highest BCUT2D eigenvalue weighted by molar-refractivity contribution is 5.89. The average molecular weight is 436 g/mol. The van der Waals surface area contributed by atoms with Crippen molar-refractivity contribution in [1.82, 2.24) is 4.90 Å². The number of nitrogens with zero attached hydrogens (tertiary/aromatic N) is 1. The molecule has 3 aliphatic rings. The fourth-order valence-corrected chi connectivity index (χ4v) is 6.85. The monoisotopic (exact) mass is 435 g/mol. The first kappa shape index (κ1) is 23.9. The molecule has 7 nitrogen and oxygen atoms in total. The van der Waals surface area contributed by atoms with Gasteiger partial charge < -0.3 is 19.8 Å². The molecule has 0 aromatic rings. The molecule has 0 bridgehead atoms. The number of ether oxygens (including phenoxy) is 1. The zero-order valence-electron chi connectivity index (χ0n) is 19.4. The van der Waals surface area contributed by atoms with Gasteiger partial charge in [0.15, 0.2) is 0 Å². The lowest BCUT2D eigenvalue weighted by Crippen LogP contribution is -2.63. The van der Waals surface area contributed by atoms with Crippen molar-refractivity contribution in [3.05, 3.63) is 11.6 Å². The number of ketones is 1. The van der Waals surface area contributed by atoms with Gasteiger partial charge in [-0.3, -0.25) is 14.4 Å². The number of hydrogen-bond donors (Lipinski definition) is 2. The van der Waals surface area contributed by atoms with E-state index in [2.05, 4.69) is 6.92 Å². The lowest BCUT2D eigenvalue weighted by atomic mass is 9.42. The summed E-state index contributed by atoms with van der Waals surface area (Å²) in [6.07, 6.45) is 3.86. The number of rotatable bonds is 4. The van der Waals surface area contributed by atoms with Crippen molar-refractivity contribution in [2.24, 2.45) is 34.5 Å². The number of fused-ring (bicyclic) bond motifs is 3. The second-order valence-corrected chi connectivity index (χ2v) is 10.2. The first-order valence-corrected chi connectivity index (χ1v) is 11.4. The van der Waals surface area contributed by atoms with Crippen molar-refractivity contribution < 1.29 is 29.3 Å². The van der Waals surface area contributed by atoms with E-state index < -0.39 is 17.5 Å². The lowest BCUT2D eigenvalue weighted by Gasteiger charge is -2.61. The van der Waals surface area contributed by atoms with Crippen molar-refractivity contribution in [2.45, 2.75) is 59.0 Å².